The van der Waals surface area contributed by atoms with E-state index in [1.165, 1.54) is 6.07 Å². The minimum absolute atomic E-state index is 0.0184. The van der Waals surface area contributed by atoms with Crippen molar-refractivity contribution < 1.29 is 13.9 Å². The normalized spacial score (nSPS) is 16.5. The number of para-hydroxylation sites is 1. The third-order valence-corrected chi connectivity index (χ3v) is 4.80. The zero-order valence-electron chi connectivity index (χ0n) is 15.0. The lowest BCUT2D eigenvalue weighted by Crippen LogP contribution is -2.37. The predicted octanol–water partition coefficient (Wildman–Crippen LogP) is 3.61. The van der Waals surface area contributed by atoms with E-state index in [0.717, 1.165) is 25.0 Å². The number of fused-ring (bicyclic) bond motifs is 1. The second kappa shape index (κ2) is 7.76. The van der Waals surface area contributed by atoms with Gasteiger partial charge in [0.1, 0.15) is 5.58 Å². The molecule has 1 aromatic heterocycles. The second-order valence-electron chi connectivity index (χ2n) is 6.78. The van der Waals surface area contributed by atoms with Gasteiger partial charge in [-0.15, -0.1) is 0 Å². The largest absolute Gasteiger partial charge is 0.451 e. The van der Waals surface area contributed by atoms with Gasteiger partial charge in [-0.2, -0.15) is 0 Å². The fourth-order valence-corrected chi connectivity index (χ4v) is 3.42. The van der Waals surface area contributed by atoms with Gasteiger partial charge < -0.3 is 14.1 Å². The van der Waals surface area contributed by atoms with Crippen LogP contribution < -0.4 is 5.43 Å². The molecule has 4 rings (SSSR count). The van der Waals surface area contributed by atoms with E-state index in [1.54, 1.807) is 29.2 Å². The van der Waals surface area contributed by atoms with Gasteiger partial charge in [0, 0.05) is 25.8 Å². The van der Waals surface area contributed by atoms with Crippen LogP contribution in [0.4, 0.5) is 0 Å². The molecule has 1 aliphatic heterocycles. The second-order valence-corrected chi connectivity index (χ2v) is 6.78. The van der Waals surface area contributed by atoms with Crippen LogP contribution in [-0.2, 0) is 11.3 Å². The summed E-state index contributed by atoms with van der Waals surface area (Å²) in [5.74, 6) is -0.232. The van der Waals surface area contributed by atoms with E-state index in [4.69, 9.17) is 9.15 Å². The third kappa shape index (κ3) is 3.93. The molecule has 1 amide bonds. The number of amides is 1. The zero-order valence-corrected chi connectivity index (χ0v) is 15.0. The van der Waals surface area contributed by atoms with Crippen molar-refractivity contribution in [3.05, 3.63) is 82.2 Å². The molecule has 138 valence electrons. The van der Waals surface area contributed by atoms with Crippen molar-refractivity contribution in [1.29, 1.82) is 0 Å². The van der Waals surface area contributed by atoms with Gasteiger partial charge in [0.25, 0.3) is 5.91 Å². The van der Waals surface area contributed by atoms with E-state index in [9.17, 15) is 9.59 Å². The van der Waals surface area contributed by atoms with Crippen LogP contribution in [0.3, 0.4) is 0 Å². The van der Waals surface area contributed by atoms with Gasteiger partial charge >= 0.3 is 0 Å². The highest BCUT2D eigenvalue weighted by atomic mass is 16.5. The molecule has 2 aromatic carbocycles. The standard InChI is InChI=1S/C22H21NO4/c24-19-13-21(27-20-11-5-4-10-18(19)20)22(25)23(15-17-9-6-12-26-17)14-16-7-2-1-3-8-16/h1-5,7-8,10-11,13,17H,6,9,12,14-15H2/t17-/m1/s1. The number of hydrogen-bond acceptors (Lipinski definition) is 4. The maximum Gasteiger partial charge on any atom is 0.290 e. The Morgan fingerprint density at radius 2 is 1.85 bits per heavy atom. The van der Waals surface area contributed by atoms with E-state index in [1.807, 2.05) is 30.3 Å². The van der Waals surface area contributed by atoms with Crippen LogP contribution in [0.25, 0.3) is 11.0 Å². The first-order valence-electron chi connectivity index (χ1n) is 9.18. The summed E-state index contributed by atoms with van der Waals surface area (Å²) >= 11 is 0. The lowest BCUT2D eigenvalue weighted by Gasteiger charge is -2.25. The molecule has 1 atom stereocenters. The van der Waals surface area contributed by atoms with Crippen molar-refractivity contribution in [1.82, 2.24) is 4.90 Å². The average Bonchev–Trinajstić information content (AvgIpc) is 3.21. The number of hydrogen-bond donors (Lipinski definition) is 0. The fourth-order valence-electron chi connectivity index (χ4n) is 3.42. The number of carbonyl (C=O) groups is 1. The van der Waals surface area contributed by atoms with E-state index in [2.05, 4.69) is 0 Å². The van der Waals surface area contributed by atoms with Gasteiger partial charge in [-0.05, 0) is 30.5 Å². The van der Waals surface area contributed by atoms with Gasteiger partial charge in [0.05, 0.1) is 11.5 Å². The Labute approximate surface area is 157 Å². The minimum Gasteiger partial charge on any atom is -0.451 e. The summed E-state index contributed by atoms with van der Waals surface area (Å²) in [4.78, 5) is 27.3. The Kier molecular flexibility index (Phi) is 5.03. The lowest BCUT2D eigenvalue weighted by molar-refractivity contribution is 0.0484. The number of nitrogens with zero attached hydrogens (tertiary/aromatic N) is 1. The number of benzene rings is 2. The van der Waals surface area contributed by atoms with Crippen LogP contribution in [0.1, 0.15) is 29.0 Å². The monoisotopic (exact) mass is 363 g/mol. The van der Waals surface area contributed by atoms with Gasteiger partial charge in [-0.1, -0.05) is 42.5 Å². The van der Waals surface area contributed by atoms with Crippen LogP contribution >= 0.6 is 0 Å². The molecule has 1 aliphatic rings. The SMILES string of the molecule is O=C(c1cc(=O)c2ccccc2o1)N(Cc1ccccc1)C[C@H]1CCCO1. The molecule has 0 radical (unpaired) electrons. The van der Waals surface area contributed by atoms with E-state index in [0.29, 0.717) is 24.1 Å². The average molecular weight is 363 g/mol. The molecule has 1 fully saturated rings. The Morgan fingerprint density at radius 3 is 2.63 bits per heavy atom. The topological polar surface area (TPSA) is 59.8 Å². The van der Waals surface area contributed by atoms with Crippen LogP contribution in [0, 0.1) is 0 Å². The molecular weight excluding hydrogens is 342 g/mol. The van der Waals surface area contributed by atoms with Gasteiger partial charge in [-0.3, -0.25) is 9.59 Å². The van der Waals surface area contributed by atoms with Gasteiger partial charge in [0.2, 0.25) is 0 Å². The van der Waals surface area contributed by atoms with E-state index < -0.39 is 0 Å². The van der Waals surface area contributed by atoms with Crippen molar-refractivity contribution in [2.45, 2.75) is 25.5 Å². The third-order valence-electron chi connectivity index (χ3n) is 4.80. The molecule has 0 N–H and O–H groups in total. The summed E-state index contributed by atoms with van der Waals surface area (Å²) in [5, 5.41) is 0.475. The summed E-state index contributed by atoms with van der Waals surface area (Å²) in [6.45, 7) is 1.64. The fraction of sp³-hybridized carbons (Fsp3) is 0.273. The van der Waals surface area contributed by atoms with Gasteiger partial charge in [-0.25, -0.2) is 0 Å². The zero-order chi connectivity index (χ0) is 18.6. The summed E-state index contributed by atoms with van der Waals surface area (Å²) in [7, 11) is 0. The summed E-state index contributed by atoms with van der Waals surface area (Å²) < 4.78 is 11.5. The van der Waals surface area contributed by atoms with Crippen LogP contribution in [-0.4, -0.2) is 30.1 Å². The summed E-state index contributed by atoms with van der Waals surface area (Å²) in [5.41, 5.74) is 1.23. The molecule has 0 saturated carbocycles. The van der Waals surface area contributed by atoms with Crippen molar-refractivity contribution in [2.24, 2.45) is 0 Å². The van der Waals surface area contributed by atoms with Crippen LogP contribution in [0.15, 0.2) is 69.9 Å². The molecule has 1 saturated heterocycles. The van der Waals surface area contributed by atoms with Crippen molar-refractivity contribution in [2.75, 3.05) is 13.2 Å². The van der Waals surface area contributed by atoms with E-state index in [-0.39, 0.29) is 23.2 Å². The van der Waals surface area contributed by atoms with Gasteiger partial charge in [0.15, 0.2) is 11.2 Å². The Morgan fingerprint density at radius 1 is 1.07 bits per heavy atom. The Balaban J connectivity index is 1.65. The van der Waals surface area contributed by atoms with Crippen molar-refractivity contribution in [3.8, 4) is 0 Å². The molecular formula is C22H21NO4. The Bertz CT molecular complexity index is 990. The van der Waals surface area contributed by atoms with Crippen molar-refractivity contribution in [3.63, 3.8) is 0 Å². The molecule has 2 heterocycles. The smallest absolute Gasteiger partial charge is 0.290 e. The number of rotatable bonds is 5. The van der Waals surface area contributed by atoms with E-state index >= 15 is 0 Å². The molecule has 0 unspecified atom stereocenters. The maximum atomic E-state index is 13.2. The first-order chi connectivity index (χ1) is 13.2. The maximum absolute atomic E-state index is 13.2. The summed E-state index contributed by atoms with van der Waals surface area (Å²) in [6.07, 6.45) is 1.95. The number of ether oxygens (including phenoxy) is 1. The molecule has 0 spiro atoms. The number of carbonyl (C=O) groups excluding carboxylic acids is 1. The highest BCUT2D eigenvalue weighted by Gasteiger charge is 2.25. The highest BCUT2D eigenvalue weighted by Crippen LogP contribution is 2.19. The highest BCUT2D eigenvalue weighted by molar-refractivity contribution is 5.93. The molecule has 0 bridgehead atoms. The molecule has 27 heavy (non-hydrogen) atoms. The van der Waals surface area contributed by atoms with Crippen molar-refractivity contribution >= 4 is 16.9 Å². The Hall–Kier alpha value is -2.92. The lowest BCUT2D eigenvalue weighted by atomic mass is 10.1. The molecule has 5 nitrogen and oxygen atoms in total. The first-order valence-corrected chi connectivity index (χ1v) is 9.18. The molecule has 3 aromatic rings. The molecule has 0 aliphatic carbocycles. The predicted molar refractivity (Wildman–Crippen MR) is 103 cm³/mol. The van der Waals surface area contributed by atoms with Crippen LogP contribution in [0.5, 0.6) is 0 Å². The quantitative estimate of drug-likeness (QED) is 0.695. The summed E-state index contributed by atoms with van der Waals surface area (Å²) in [6, 6.07) is 18.0. The minimum atomic E-state index is -0.294. The van der Waals surface area contributed by atoms with Crippen LogP contribution in [0.2, 0.25) is 0 Å². The molecule has 5 heteroatoms. The first kappa shape index (κ1) is 17.5.